The summed E-state index contributed by atoms with van der Waals surface area (Å²) in [5.41, 5.74) is 0. The molecule has 0 bridgehead atoms. The normalized spacial score (nSPS) is 33.9. The summed E-state index contributed by atoms with van der Waals surface area (Å²) in [5.74, 6) is 1.72. The van der Waals surface area contributed by atoms with Crippen LogP contribution in [0.1, 0.15) is 52.9 Å². The van der Waals surface area contributed by atoms with Gasteiger partial charge < -0.3 is 5.32 Å². The van der Waals surface area contributed by atoms with Gasteiger partial charge in [0.05, 0.1) is 6.54 Å². The van der Waals surface area contributed by atoms with E-state index >= 15 is 0 Å². The van der Waals surface area contributed by atoms with Gasteiger partial charge in [0.25, 0.3) is 0 Å². The summed E-state index contributed by atoms with van der Waals surface area (Å²) in [6.07, 6.45) is 6.71. The third-order valence-electron chi connectivity index (χ3n) is 3.79. The number of hydrogen-bond donors (Lipinski definition) is 1. The second-order valence-electron chi connectivity index (χ2n) is 6.12. The average molecular weight is 254 g/mol. The van der Waals surface area contributed by atoms with Crippen LogP contribution >= 0.6 is 11.8 Å². The molecule has 2 nitrogen and oxygen atoms in total. The smallest absolute Gasteiger partial charge is 0.157 e. The van der Waals surface area contributed by atoms with E-state index in [0.29, 0.717) is 6.04 Å². The highest BCUT2D eigenvalue weighted by atomic mass is 32.2. The van der Waals surface area contributed by atoms with Gasteiger partial charge in [-0.15, -0.1) is 0 Å². The predicted octanol–water partition coefficient (Wildman–Crippen LogP) is 3.67. The largest absolute Gasteiger partial charge is 0.362 e. The van der Waals surface area contributed by atoms with E-state index in [1.807, 2.05) is 11.8 Å². The maximum Gasteiger partial charge on any atom is 0.157 e. The standard InChI is InChI=1S/C14H26N2S/c1-10(2)8-13-9-15-14(17-13)16-12-6-4-11(3)5-7-12/h10-13H,4-9H2,1-3H3,(H,15,16). The summed E-state index contributed by atoms with van der Waals surface area (Å²) in [4.78, 5) is 4.65. The first-order valence-corrected chi connectivity index (χ1v) is 7.99. The quantitative estimate of drug-likeness (QED) is 0.831. The maximum atomic E-state index is 4.65. The second kappa shape index (κ2) is 6.12. The van der Waals surface area contributed by atoms with E-state index in [1.54, 1.807) is 0 Å². The lowest BCUT2D eigenvalue weighted by atomic mass is 9.87. The first-order chi connectivity index (χ1) is 8.13. The van der Waals surface area contributed by atoms with Crippen molar-refractivity contribution in [2.45, 2.75) is 64.2 Å². The summed E-state index contributed by atoms with van der Waals surface area (Å²) in [6.45, 7) is 7.99. The Hall–Kier alpha value is -0.180. The Morgan fingerprint density at radius 3 is 2.65 bits per heavy atom. The van der Waals surface area contributed by atoms with Gasteiger partial charge >= 0.3 is 0 Å². The van der Waals surface area contributed by atoms with Crippen LogP contribution in [-0.2, 0) is 0 Å². The molecule has 1 atom stereocenters. The molecule has 0 aromatic carbocycles. The van der Waals surface area contributed by atoms with Gasteiger partial charge in [-0.3, -0.25) is 4.99 Å². The van der Waals surface area contributed by atoms with Crippen molar-refractivity contribution in [2.24, 2.45) is 16.8 Å². The summed E-state index contributed by atoms with van der Waals surface area (Å²) >= 11 is 1.97. The van der Waals surface area contributed by atoms with Crippen molar-refractivity contribution in [3.63, 3.8) is 0 Å². The summed E-state index contributed by atoms with van der Waals surface area (Å²) in [5, 5.41) is 5.59. The maximum absolute atomic E-state index is 4.65. The van der Waals surface area contributed by atoms with Gasteiger partial charge in [-0.25, -0.2) is 0 Å². The van der Waals surface area contributed by atoms with Crippen molar-refractivity contribution in [1.82, 2.24) is 5.32 Å². The third-order valence-corrected chi connectivity index (χ3v) is 4.94. The molecule has 1 heterocycles. The van der Waals surface area contributed by atoms with Crippen molar-refractivity contribution in [3.8, 4) is 0 Å². The Labute approximate surface area is 110 Å². The Bertz CT molecular complexity index is 267. The molecule has 2 aliphatic rings. The predicted molar refractivity (Wildman–Crippen MR) is 77.7 cm³/mol. The molecule has 1 aliphatic heterocycles. The fraction of sp³-hybridized carbons (Fsp3) is 0.929. The summed E-state index contributed by atoms with van der Waals surface area (Å²) in [6, 6.07) is 0.690. The van der Waals surface area contributed by atoms with Crippen molar-refractivity contribution in [1.29, 1.82) is 0 Å². The zero-order valence-electron chi connectivity index (χ0n) is 11.4. The van der Waals surface area contributed by atoms with Crippen LogP contribution in [0.25, 0.3) is 0 Å². The highest BCUT2D eigenvalue weighted by Gasteiger charge is 2.24. The van der Waals surface area contributed by atoms with Crippen molar-refractivity contribution >= 4 is 16.9 Å². The molecule has 0 amide bonds. The fourth-order valence-corrected chi connectivity index (χ4v) is 4.05. The molecule has 1 saturated carbocycles. The first kappa shape index (κ1) is 13.3. The lowest BCUT2D eigenvalue weighted by Crippen LogP contribution is -2.35. The molecular formula is C14H26N2S. The van der Waals surface area contributed by atoms with E-state index < -0.39 is 0 Å². The molecule has 0 spiro atoms. The molecule has 1 aliphatic carbocycles. The molecule has 0 aromatic heterocycles. The van der Waals surface area contributed by atoms with E-state index in [2.05, 4.69) is 31.1 Å². The van der Waals surface area contributed by atoms with Gasteiger partial charge in [0.2, 0.25) is 0 Å². The molecule has 1 unspecified atom stereocenters. The SMILES string of the molecule is CC(C)CC1CN=C(NC2CCC(C)CC2)S1. The van der Waals surface area contributed by atoms with E-state index in [1.165, 1.54) is 37.3 Å². The molecule has 3 heteroatoms. The van der Waals surface area contributed by atoms with Gasteiger partial charge in [0.15, 0.2) is 5.17 Å². The van der Waals surface area contributed by atoms with Crippen molar-refractivity contribution in [2.75, 3.05) is 6.54 Å². The molecule has 1 fully saturated rings. The van der Waals surface area contributed by atoms with E-state index in [0.717, 1.165) is 23.6 Å². The number of amidine groups is 1. The molecular weight excluding hydrogens is 228 g/mol. The molecule has 2 rings (SSSR count). The van der Waals surface area contributed by atoms with Crippen LogP contribution in [0.15, 0.2) is 4.99 Å². The van der Waals surface area contributed by atoms with E-state index in [4.69, 9.17) is 0 Å². The van der Waals surface area contributed by atoms with Gasteiger partial charge in [0, 0.05) is 11.3 Å². The number of hydrogen-bond acceptors (Lipinski definition) is 3. The van der Waals surface area contributed by atoms with Crippen LogP contribution in [0.2, 0.25) is 0 Å². The summed E-state index contributed by atoms with van der Waals surface area (Å²) < 4.78 is 0. The number of nitrogens with one attached hydrogen (secondary N) is 1. The van der Waals surface area contributed by atoms with Crippen LogP contribution in [0.3, 0.4) is 0 Å². The van der Waals surface area contributed by atoms with Gasteiger partial charge in [-0.2, -0.15) is 0 Å². The van der Waals surface area contributed by atoms with Crippen molar-refractivity contribution < 1.29 is 0 Å². The zero-order valence-corrected chi connectivity index (χ0v) is 12.2. The number of aliphatic imine (C=N–C) groups is 1. The first-order valence-electron chi connectivity index (χ1n) is 7.11. The van der Waals surface area contributed by atoms with Gasteiger partial charge in [-0.05, 0) is 43.9 Å². The Balaban J connectivity index is 1.70. The van der Waals surface area contributed by atoms with E-state index in [-0.39, 0.29) is 0 Å². The fourth-order valence-electron chi connectivity index (χ4n) is 2.72. The Morgan fingerprint density at radius 2 is 2.00 bits per heavy atom. The molecule has 0 saturated heterocycles. The molecule has 1 N–H and O–H groups in total. The van der Waals surface area contributed by atoms with Gasteiger partial charge in [0.1, 0.15) is 0 Å². The monoisotopic (exact) mass is 254 g/mol. The topological polar surface area (TPSA) is 24.4 Å². The number of thioether (sulfide) groups is 1. The van der Waals surface area contributed by atoms with Crippen LogP contribution in [0, 0.1) is 11.8 Å². The van der Waals surface area contributed by atoms with Crippen LogP contribution < -0.4 is 5.32 Å². The average Bonchev–Trinajstić information content (AvgIpc) is 2.68. The lowest BCUT2D eigenvalue weighted by molar-refractivity contribution is 0.332. The van der Waals surface area contributed by atoms with Crippen LogP contribution in [0.5, 0.6) is 0 Å². The molecule has 17 heavy (non-hydrogen) atoms. The second-order valence-corrected chi connectivity index (χ2v) is 7.41. The zero-order chi connectivity index (χ0) is 12.3. The summed E-state index contributed by atoms with van der Waals surface area (Å²) in [7, 11) is 0. The Morgan fingerprint density at radius 1 is 1.29 bits per heavy atom. The van der Waals surface area contributed by atoms with Crippen LogP contribution in [0.4, 0.5) is 0 Å². The third kappa shape index (κ3) is 4.20. The minimum atomic E-state index is 0.690. The Kier molecular flexibility index (Phi) is 4.78. The van der Waals surface area contributed by atoms with Crippen LogP contribution in [-0.4, -0.2) is 23.0 Å². The number of nitrogens with zero attached hydrogens (tertiary/aromatic N) is 1. The highest BCUT2D eigenvalue weighted by molar-refractivity contribution is 8.14. The molecule has 98 valence electrons. The molecule has 0 aromatic rings. The van der Waals surface area contributed by atoms with Gasteiger partial charge in [-0.1, -0.05) is 32.5 Å². The van der Waals surface area contributed by atoms with Crippen molar-refractivity contribution in [3.05, 3.63) is 0 Å². The lowest BCUT2D eigenvalue weighted by Gasteiger charge is -2.27. The number of rotatable bonds is 3. The van der Waals surface area contributed by atoms with E-state index in [9.17, 15) is 0 Å². The molecule has 0 radical (unpaired) electrons. The minimum absolute atomic E-state index is 0.690. The highest BCUT2D eigenvalue weighted by Crippen LogP contribution is 2.28. The minimum Gasteiger partial charge on any atom is -0.362 e.